The van der Waals surface area contributed by atoms with Gasteiger partial charge in [0.2, 0.25) is 0 Å². The minimum atomic E-state index is -0.235. The lowest BCUT2D eigenvalue weighted by Gasteiger charge is -2.18. The molecule has 0 atom stereocenters. The van der Waals surface area contributed by atoms with Gasteiger partial charge in [-0.3, -0.25) is 9.69 Å². The molecule has 0 saturated heterocycles. The highest BCUT2D eigenvalue weighted by Gasteiger charge is 2.20. The molecule has 132 valence electrons. The maximum absolute atomic E-state index is 11.4. The number of aromatic hydroxyl groups is 1. The van der Waals surface area contributed by atoms with Crippen LogP contribution in [-0.4, -0.2) is 42.8 Å². The summed E-state index contributed by atoms with van der Waals surface area (Å²) in [7, 11) is 1.39. The Labute approximate surface area is 151 Å². The fraction of sp³-hybridized carbons (Fsp3) is 0.316. The minimum Gasteiger partial charge on any atom is -0.504 e. The Kier molecular flexibility index (Phi) is 5.46. The number of fused-ring (bicyclic) bond motifs is 1. The second-order valence-electron chi connectivity index (χ2n) is 5.94. The van der Waals surface area contributed by atoms with Gasteiger partial charge < -0.3 is 14.6 Å². The van der Waals surface area contributed by atoms with Crippen molar-refractivity contribution in [3.8, 4) is 22.6 Å². The number of halogens is 1. The van der Waals surface area contributed by atoms with E-state index in [2.05, 4.69) is 4.90 Å². The molecule has 0 amide bonds. The Morgan fingerprint density at radius 3 is 2.92 bits per heavy atom. The summed E-state index contributed by atoms with van der Waals surface area (Å²) in [5.41, 5.74) is 2.69. The van der Waals surface area contributed by atoms with Crippen molar-refractivity contribution in [3.63, 3.8) is 0 Å². The second kappa shape index (κ2) is 7.76. The van der Waals surface area contributed by atoms with Crippen molar-refractivity contribution in [1.82, 2.24) is 4.90 Å². The molecule has 2 aromatic carbocycles. The van der Waals surface area contributed by atoms with Crippen LogP contribution < -0.4 is 4.74 Å². The highest BCUT2D eigenvalue weighted by atomic mass is 35.5. The average molecular weight is 362 g/mol. The van der Waals surface area contributed by atoms with Crippen LogP contribution in [0.25, 0.3) is 11.1 Å². The number of rotatable bonds is 4. The zero-order valence-electron chi connectivity index (χ0n) is 14.0. The van der Waals surface area contributed by atoms with Crippen LogP contribution in [-0.2, 0) is 16.1 Å². The Bertz CT molecular complexity index is 778. The minimum absolute atomic E-state index is 0.113. The fourth-order valence-corrected chi connectivity index (χ4v) is 3.12. The predicted octanol–water partition coefficient (Wildman–Crippen LogP) is 3.47. The molecule has 1 aliphatic heterocycles. The van der Waals surface area contributed by atoms with Gasteiger partial charge in [0.1, 0.15) is 6.61 Å². The SMILES string of the molecule is COC(=O)CCN1CCOc2c(O)cc(-c3cccc(Cl)c3)cc2C1. The number of hydrogen-bond donors (Lipinski definition) is 1. The third-order valence-electron chi connectivity index (χ3n) is 4.21. The molecule has 1 aliphatic rings. The van der Waals surface area contributed by atoms with Gasteiger partial charge in [-0.05, 0) is 35.4 Å². The van der Waals surface area contributed by atoms with Gasteiger partial charge in [0, 0.05) is 30.2 Å². The van der Waals surface area contributed by atoms with Gasteiger partial charge in [0.25, 0.3) is 0 Å². The van der Waals surface area contributed by atoms with Gasteiger partial charge in [0.05, 0.1) is 13.5 Å². The zero-order chi connectivity index (χ0) is 17.8. The standard InChI is InChI=1S/C19H20ClNO4/c1-24-18(23)5-6-21-7-8-25-19-15(12-21)9-14(11-17(19)22)13-3-2-4-16(20)10-13/h2-4,9-11,22H,5-8,12H2,1H3. The van der Waals surface area contributed by atoms with E-state index < -0.39 is 0 Å². The van der Waals surface area contributed by atoms with Gasteiger partial charge in [-0.15, -0.1) is 0 Å². The van der Waals surface area contributed by atoms with Crippen molar-refractivity contribution in [2.75, 3.05) is 26.8 Å². The van der Waals surface area contributed by atoms with E-state index in [1.807, 2.05) is 30.3 Å². The van der Waals surface area contributed by atoms with E-state index in [0.717, 1.165) is 16.7 Å². The van der Waals surface area contributed by atoms with Crippen LogP contribution in [0.5, 0.6) is 11.5 Å². The molecule has 1 N–H and O–H groups in total. The zero-order valence-corrected chi connectivity index (χ0v) is 14.8. The molecular formula is C19H20ClNO4. The van der Waals surface area contributed by atoms with Crippen molar-refractivity contribution in [2.24, 2.45) is 0 Å². The lowest BCUT2D eigenvalue weighted by atomic mass is 10.0. The van der Waals surface area contributed by atoms with Crippen LogP contribution in [0.15, 0.2) is 36.4 Å². The van der Waals surface area contributed by atoms with E-state index in [0.29, 0.717) is 43.4 Å². The van der Waals surface area contributed by atoms with Crippen molar-refractivity contribution >= 4 is 17.6 Å². The number of phenols is 1. The third kappa shape index (κ3) is 4.24. The average Bonchev–Trinajstić information content (AvgIpc) is 2.82. The topological polar surface area (TPSA) is 59.0 Å². The van der Waals surface area contributed by atoms with E-state index in [-0.39, 0.29) is 11.7 Å². The van der Waals surface area contributed by atoms with E-state index >= 15 is 0 Å². The Balaban J connectivity index is 1.87. The van der Waals surface area contributed by atoms with Gasteiger partial charge in [-0.2, -0.15) is 0 Å². The molecular weight excluding hydrogens is 342 g/mol. The number of nitrogens with zero attached hydrogens (tertiary/aromatic N) is 1. The first-order chi connectivity index (χ1) is 12.1. The number of carbonyl (C=O) groups excluding carboxylic acids is 1. The second-order valence-corrected chi connectivity index (χ2v) is 6.38. The molecule has 0 saturated carbocycles. The van der Waals surface area contributed by atoms with E-state index in [9.17, 15) is 9.90 Å². The highest BCUT2D eigenvalue weighted by Crippen LogP contribution is 2.38. The molecule has 6 heteroatoms. The molecule has 2 aromatic rings. The van der Waals surface area contributed by atoms with Crippen molar-refractivity contribution in [1.29, 1.82) is 0 Å². The van der Waals surface area contributed by atoms with Gasteiger partial charge in [-0.1, -0.05) is 23.7 Å². The summed E-state index contributed by atoms with van der Waals surface area (Å²) in [5, 5.41) is 11.0. The first kappa shape index (κ1) is 17.6. The lowest BCUT2D eigenvalue weighted by Crippen LogP contribution is -2.28. The molecule has 1 heterocycles. The first-order valence-corrected chi connectivity index (χ1v) is 8.48. The molecule has 0 bridgehead atoms. The van der Waals surface area contributed by atoms with Crippen LogP contribution in [0.3, 0.4) is 0 Å². The Morgan fingerprint density at radius 2 is 2.16 bits per heavy atom. The molecule has 0 unspecified atom stereocenters. The van der Waals surface area contributed by atoms with Crippen LogP contribution in [0, 0.1) is 0 Å². The predicted molar refractivity (Wildman–Crippen MR) is 96.0 cm³/mol. The number of phenolic OH excluding ortho intramolecular Hbond substituents is 1. The largest absolute Gasteiger partial charge is 0.504 e. The normalized spacial score (nSPS) is 14.3. The summed E-state index contributed by atoms with van der Waals surface area (Å²) in [6.07, 6.45) is 0.325. The van der Waals surface area contributed by atoms with Crippen LogP contribution in [0.4, 0.5) is 0 Å². The van der Waals surface area contributed by atoms with Gasteiger partial charge in [-0.25, -0.2) is 0 Å². The lowest BCUT2D eigenvalue weighted by molar-refractivity contribution is -0.141. The fourth-order valence-electron chi connectivity index (χ4n) is 2.93. The Hall–Kier alpha value is -2.24. The number of esters is 1. The number of benzene rings is 2. The molecule has 25 heavy (non-hydrogen) atoms. The smallest absolute Gasteiger partial charge is 0.306 e. The summed E-state index contributed by atoms with van der Waals surface area (Å²) in [5.74, 6) is 0.384. The summed E-state index contributed by atoms with van der Waals surface area (Å²) >= 11 is 6.07. The number of ether oxygens (including phenoxy) is 2. The maximum Gasteiger partial charge on any atom is 0.306 e. The van der Waals surface area contributed by atoms with Crippen molar-refractivity contribution < 1.29 is 19.4 Å². The number of methoxy groups -OCH3 is 1. The summed E-state index contributed by atoms with van der Waals surface area (Å²) < 4.78 is 10.4. The molecule has 0 aliphatic carbocycles. The van der Waals surface area contributed by atoms with Crippen LogP contribution >= 0.6 is 11.6 Å². The van der Waals surface area contributed by atoms with Crippen molar-refractivity contribution in [3.05, 3.63) is 47.0 Å². The number of carbonyl (C=O) groups is 1. The summed E-state index contributed by atoms with van der Waals surface area (Å²) in [6.45, 7) is 2.31. The van der Waals surface area contributed by atoms with Gasteiger partial charge in [0.15, 0.2) is 11.5 Å². The first-order valence-electron chi connectivity index (χ1n) is 8.10. The summed E-state index contributed by atoms with van der Waals surface area (Å²) in [6, 6.07) is 11.2. The van der Waals surface area contributed by atoms with Crippen LogP contribution in [0.2, 0.25) is 5.02 Å². The van der Waals surface area contributed by atoms with Crippen LogP contribution in [0.1, 0.15) is 12.0 Å². The van der Waals surface area contributed by atoms with E-state index in [1.165, 1.54) is 7.11 Å². The number of hydrogen-bond acceptors (Lipinski definition) is 5. The maximum atomic E-state index is 11.4. The third-order valence-corrected chi connectivity index (χ3v) is 4.45. The molecule has 0 aromatic heterocycles. The molecule has 0 radical (unpaired) electrons. The van der Waals surface area contributed by atoms with E-state index in [4.69, 9.17) is 21.1 Å². The summed E-state index contributed by atoms with van der Waals surface area (Å²) in [4.78, 5) is 13.5. The van der Waals surface area contributed by atoms with E-state index in [1.54, 1.807) is 6.07 Å². The van der Waals surface area contributed by atoms with Crippen molar-refractivity contribution in [2.45, 2.75) is 13.0 Å². The Morgan fingerprint density at radius 1 is 1.32 bits per heavy atom. The molecule has 0 spiro atoms. The molecule has 0 fully saturated rings. The highest BCUT2D eigenvalue weighted by molar-refractivity contribution is 6.30. The van der Waals surface area contributed by atoms with Gasteiger partial charge >= 0.3 is 5.97 Å². The quantitative estimate of drug-likeness (QED) is 0.845. The molecule has 5 nitrogen and oxygen atoms in total. The monoisotopic (exact) mass is 361 g/mol. The molecule has 3 rings (SSSR count).